The molecule has 2 aromatic carbocycles. The highest BCUT2D eigenvalue weighted by Gasteiger charge is 2.23. The van der Waals surface area contributed by atoms with Crippen LogP contribution in [0.25, 0.3) is 11.1 Å². The molecule has 0 saturated carbocycles. The molecule has 1 heterocycles. The van der Waals surface area contributed by atoms with Crippen LogP contribution in [-0.2, 0) is 19.7 Å². The van der Waals surface area contributed by atoms with E-state index in [4.69, 9.17) is 0 Å². The molecule has 0 fully saturated rings. The maximum absolute atomic E-state index is 13.2. The second-order valence-electron chi connectivity index (χ2n) is 5.81. The summed E-state index contributed by atoms with van der Waals surface area (Å²) in [5.74, 6) is -0.471. The fraction of sp³-hybridized carbons (Fsp3) is 0.111. The molecule has 9 heteroatoms. The molecule has 0 atom stereocenters. The third-order valence-electron chi connectivity index (χ3n) is 3.91. The molecule has 0 spiro atoms. The van der Waals surface area contributed by atoms with Crippen LogP contribution in [0, 0.1) is 5.82 Å². The first-order chi connectivity index (χ1) is 12.6. The van der Waals surface area contributed by atoms with Gasteiger partial charge in [-0.1, -0.05) is 12.1 Å². The van der Waals surface area contributed by atoms with Crippen molar-refractivity contribution in [2.24, 2.45) is 0 Å². The van der Waals surface area contributed by atoms with E-state index in [-0.39, 0.29) is 19.6 Å². The van der Waals surface area contributed by atoms with Crippen molar-refractivity contribution < 1.29 is 21.2 Å². The molecule has 3 aromatic rings. The third-order valence-corrected chi connectivity index (χ3v) is 8.41. The lowest BCUT2D eigenvalue weighted by Crippen LogP contribution is -2.04. The van der Waals surface area contributed by atoms with Crippen LogP contribution in [0.5, 0.6) is 0 Å². The molecule has 0 bridgehead atoms. The van der Waals surface area contributed by atoms with Crippen molar-refractivity contribution in [2.45, 2.75) is 14.0 Å². The van der Waals surface area contributed by atoms with E-state index < -0.39 is 25.5 Å². The van der Waals surface area contributed by atoms with E-state index in [1.54, 1.807) is 13.1 Å². The topological polar surface area (TPSA) is 80.3 Å². The van der Waals surface area contributed by atoms with Gasteiger partial charge in [0.15, 0.2) is 9.84 Å². The maximum Gasteiger partial charge on any atom is 0.216 e. The monoisotopic (exact) mass is 425 g/mol. The van der Waals surface area contributed by atoms with Crippen LogP contribution in [0.15, 0.2) is 68.6 Å². The van der Waals surface area contributed by atoms with Gasteiger partial charge in [0, 0.05) is 18.9 Å². The molecule has 27 heavy (non-hydrogen) atoms. The van der Waals surface area contributed by atoms with Gasteiger partial charge >= 0.3 is 0 Å². The minimum atomic E-state index is -3.82. The van der Waals surface area contributed by atoms with Crippen LogP contribution in [-0.4, -0.2) is 30.1 Å². The Kier molecular flexibility index (Phi) is 5.11. The fourth-order valence-corrected chi connectivity index (χ4v) is 6.05. The SMILES string of the molecule is CNc1ccc(S(=O)(=O)c2ccc(S(C)(=O)=O)c(-c3ccc(F)cc3)c2)s1. The highest BCUT2D eigenvalue weighted by Crippen LogP contribution is 2.35. The van der Waals surface area contributed by atoms with Crippen molar-refractivity contribution in [3.05, 3.63) is 60.4 Å². The number of rotatable bonds is 5. The van der Waals surface area contributed by atoms with Crippen LogP contribution in [0.4, 0.5) is 9.39 Å². The Morgan fingerprint density at radius 1 is 0.926 bits per heavy atom. The average molecular weight is 426 g/mol. The quantitative estimate of drug-likeness (QED) is 0.672. The predicted octanol–water partition coefficient (Wildman–Crippen LogP) is 3.83. The summed E-state index contributed by atoms with van der Waals surface area (Å²) < 4.78 is 63.5. The summed E-state index contributed by atoms with van der Waals surface area (Å²) in [4.78, 5) is -0.0473. The Labute approximate surface area is 161 Å². The number of halogens is 1. The van der Waals surface area contributed by atoms with Crippen molar-refractivity contribution in [3.8, 4) is 11.1 Å². The lowest BCUT2D eigenvalue weighted by molar-refractivity contribution is 0.596. The molecular formula is C18H16FNO4S3. The molecule has 0 aliphatic rings. The Balaban J connectivity index is 2.21. The van der Waals surface area contributed by atoms with Gasteiger partial charge in [-0.05, 0) is 48.0 Å². The molecule has 3 rings (SSSR count). The van der Waals surface area contributed by atoms with E-state index in [0.717, 1.165) is 17.6 Å². The van der Waals surface area contributed by atoms with E-state index in [1.165, 1.54) is 48.5 Å². The first-order valence-electron chi connectivity index (χ1n) is 7.75. The third kappa shape index (κ3) is 3.90. The van der Waals surface area contributed by atoms with Gasteiger partial charge in [0.2, 0.25) is 9.84 Å². The van der Waals surface area contributed by atoms with Gasteiger partial charge in [0.05, 0.1) is 14.8 Å². The number of thiophene rings is 1. The molecule has 1 N–H and O–H groups in total. The summed E-state index contributed by atoms with van der Waals surface area (Å²) in [5, 5.41) is 3.58. The number of hydrogen-bond donors (Lipinski definition) is 1. The van der Waals surface area contributed by atoms with Crippen molar-refractivity contribution in [1.82, 2.24) is 0 Å². The maximum atomic E-state index is 13.2. The van der Waals surface area contributed by atoms with Gasteiger partial charge in [-0.3, -0.25) is 0 Å². The van der Waals surface area contributed by atoms with Crippen molar-refractivity contribution in [1.29, 1.82) is 0 Å². The standard InChI is InChI=1S/C18H16FNO4S3/c1-20-17-9-10-18(25-17)27(23,24)14-7-8-16(26(2,21)22)15(11-14)12-3-5-13(19)6-4-12/h3-11,20H,1-2H3. The molecule has 0 radical (unpaired) electrons. The van der Waals surface area contributed by atoms with Crippen LogP contribution < -0.4 is 5.32 Å². The van der Waals surface area contributed by atoms with Crippen molar-refractivity contribution in [2.75, 3.05) is 18.6 Å². The first-order valence-corrected chi connectivity index (χ1v) is 11.9. The van der Waals surface area contributed by atoms with E-state index in [1.807, 2.05) is 0 Å². The highest BCUT2D eigenvalue weighted by molar-refractivity contribution is 7.93. The minimum Gasteiger partial charge on any atom is -0.380 e. The van der Waals surface area contributed by atoms with Crippen LogP contribution >= 0.6 is 11.3 Å². The van der Waals surface area contributed by atoms with Gasteiger partial charge in [-0.25, -0.2) is 21.2 Å². The van der Waals surface area contributed by atoms with Crippen LogP contribution in [0.2, 0.25) is 0 Å². The van der Waals surface area contributed by atoms with Gasteiger partial charge < -0.3 is 5.32 Å². The number of nitrogens with one attached hydrogen (secondary N) is 1. The molecular weight excluding hydrogens is 409 g/mol. The normalized spacial score (nSPS) is 12.1. The lowest BCUT2D eigenvalue weighted by atomic mass is 10.1. The first kappa shape index (κ1) is 19.5. The summed E-state index contributed by atoms with van der Waals surface area (Å²) in [6.07, 6.45) is 1.04. The van der Waals surface area contributed by atoms with E-state index in [2.05, 4.69) is 5.32 Å². The average Bonchev–Trinajstić information content (AvgIpc) is 3.11. The van der Waals surface area contributed by atoms with Crippen LogP contribution in [0.3, 0.4) is 0 Å². The zero-order chi connectivity index (χ0) is 19.8. The summed E-state index contributed by atoms with van der Waals surface area (Å²) in [5.41, 5.74) is 0.625. The van der Waals surface area contributed by atoms with Gasteiger partial charge in [0.25, 0.3) is 0 Å². The zero-order valence-electron chi connectivity index (χ0n) is 14.4. The Morgan fingerprint density at radius 3 is 2.15 bits per heavy atom. The lowest BCUT2D eigenvalue weighted by Gasteiger charge is -2.11. The summed E-state index contributed by atoms with van der Waals surface area (Å²) in [6, 6.07) is 12.2. The molecule has 0 saturated heterocycles. The predicted molar refractivity (Wildman–Crippen MR) is 104 cm³/mol. The zero-order valence-corrected chi connectivity index (χ0v) is 16.9. The van der Waals surface area contributed by atoms with Crippen LogP contribution in [0.1, 0.15) is 0 Å². The second kappa shape index (κ2) is 7.06. The second-order valence-corrected chi connectivity index (χ2v) is 11.1. The fourth-order valence-electron chi connectivity index (χ4n) is 2.57. The largest absolute Gasteiger partial charge is 0.380 e. The van der Waals surface area contributed by atoms with E-state index in [0.29, 0.717) is 10.6 Å². The van der Waals surface area contributed by atoms with Crippen molar-refractivity contribution >= 4 is 36.0 Å². The van der Waals surface area contributed by atoms with Gasteiger partial charge in [-0.2, -0.15) is 0 Å². The molecule has 0 unspecified atom stereocenters. The highest BCUT2D eigenvalue weighted by atomic mass is 32.2. The molecule has 5 nitrogen and oxygen atoms in total. The summed E-state index contributed by atoms with van der Waals surface area (Å²) >= 11 is 1.08. The molecule has 0 aliphatic heterocycles. The number of sulfone groups is 2. The van der Waals surface area contributed by atoms with E-state index in [9.17, 15) is 21.2 Å². The summed E-state index contributed by atoms with van der Waals surface area (Å²) in [7, 11) is -5.74. The Hall–Kier alpha value is -2.23. The molecule has 0 amide bonds. The number of hydrogen-bond acceptors (Lipinski definition) is 6. The molecule has 1 aromatic heterocycles. The summed E-state index contributed by atoms with van der Waals surface area (Å²) in [6.45, 7) is 0. The molecule has 0 aliphatic carbocycles. The Bertz CT molecular complexity index is 1200. The van der Waals surface area contributed by atoms with E-state index >= 15 is 0 Å². The Morgan fingerprint density at radius 2 is 1.59 bits per heavy atom. The van der Waals surface area contributed by atoms with Crippen molar-refractivity contribution in [3.63, 3.8) is 0 Å². The van der Waals surface area contributed by atoms with Gasteiger partial charge in [-0.15, -0.1) is 11.3 Å². The molecule has 142 valence electrons. The smallest absolute Gasteiger partial charge is 0.216 e. The number of anilines is 1. The minimum absolute atomic E-state index is 0.0184. The van der Waals surface area contributed by atoms with Gasteiger partial charge in [0.1, 0.15) is 10.0 Å². The number of benzene rings is 2.